The van der Waals surface area contributed by atoms with Crippen molar-refractivity contribution in [3.8, 4) is 11.4 Å². The molecule has 2 aromatic heterocycles. The minimum Gasteiger partial charge on any atom is -0.347 e. The van der Waals surface area contributed by atoms with Crippen LogP contribution in [0.25, 0.3) is 11.4 Å². The number of hydrogen-bond acceptors (Lipinski definition) is 4. The zero-order valence-electron chi connectivity index (χ0n) is 14.9. The molecule has 3 rings (SSSR count). The predicted octanol–water partition coefficient (Wildman–Crippen LogP) is 4.51. The smallest absolute Gasteiger partial charge is 0.347 e. The van der Waals surface area contributed by atoms with Crippen LogP contribution in [0.2, 0.25) is 0 Å². The lowest BCUT2D eigenvalue weighted by atomic mass is 10.0. The van der Waals surface area contributed by atoms with E-state index in [1.165, 1.54) is 18.6 Å². The maximum absolute atomic E-state index is 13.0. The van der Waals surface area contributed by atoms with Crippen LogP contribution in [0.15, 0.2) is 55.0 Å². The summed E-state index contributed by atoms with van der Waals surface area (Å²) in [4.78, 5) is 24.5. The quantitative estimate of drug-likeness (QED) is 0.624. The van der Waals surface area contributed by atoms with Gasteiger partial charge in [-0.1, -0.05) is 6.07 Å². The molecule has 1 aromatic carbocycles. The van der Waals surface area contributed by atoms with Gasteiger partial charge in [0.05, 0.1) is 16.8 Å². The number of halogens is 6. The van der Waals surface area contributed by atoms with E-state index in [2.05, 4.69) is 20.3 Å². The average Bonchev–Trinajstić information content (AvgIpc) is 2.71. The Bertz CT molecular complexity index is 1020. The van der Waals surface area contributed by atoms with Crippen molar-refractivity contribution in [2.24, 2.45) is 0 Å². The summed E-state index contributed by atoms with van der Waals surface area (Å²) in [6.45, 7) is -0.579. The number of benzene rings is 1. The highest BCUT2D eigenvalue weighted by Crippen LogP contribution is 2.36. The molecule has 0 atom stereocenters. The second-order valence-electron chi connectivity index (χ2n) is 6.07. The second-order valence-corrected chi connectivity index (χ2v) is 6.07. The molecule has 1 amide bonds. The highest BCUT2D eigenvalue weighted by molar-refractivity contribution is 5.97. The molecule has 0 aliphatic rings. The van der Waals surface area contributed by atoms with Crippen LogP contribution in [0.5, 0.6) is 0 Å². The minimum atomic E-state index is -4.98. The first-order valence-corrected chi connectivity index (χ1v) is 8.34. The number of hydrogen-bond donors (Lipinski definition) is 1. The summed E-state index contributed by atoms with van der Waals surface area (Å²) >= 11 is 0. The zero-order chi connectivity index (χ0) is 21.9. The molecule has 0 fully saturated rings. The molecule has 3 aromatic rings. The lowest BCUT2D eigenvalue weighted by molar-refractivity contribution is -0.143. The van der Waals surface area contributed by atoms with Crippen LogP contribution >= 0.6 is 0 Å². The summed E-state index contributed by atoms with van der Waals surface area (Å²) in [5, 5.41) is 2.28. The number of alkyl halides is 6. The van der Waals surface area contributed by atoms with Crippen LogP contribution in [0.4, 0.5) is 26.3 Å². The van der Waals surface area contributed by atoms with Gasteiger partial charge in [-0.3, -0.25) is 14.8 Å². The van der Waals surface area contributed by atoms with Gasteiger partial charge < -0.3 is 5.32 Å². The van der Waals surface area contributed by atoms with E-state index in [4.69, 9.17) is 0 Å². The van der Waals surface area contributed by atoms with Crippen molar-refractivity contribution in [2.75, 3.05) is 0 Å². The third kappa shape index (κ3) is 4.91. The molecule has 0 aliphatic heterocycles. The van der Waals surface area contributed by atoms with Gasteiger partial charge in [0.2, 0.25) is 0 Å². The number of nitrogens with zero attached hydrogens (tertiary/aromatic N) is 3. The van der Waals surface area contributed by atoms with Crippen LogP contribution in [0.3, 0.4) is 0 Å². The van der Waals surface area contributed by atoms with E-state index in [9.17, 15) is 31.1 Å². The van der Waals surface area contributed by atoms with E-state index in [-0.39, 0.29) is 23.0 Å². The first-order valence-electron chi connectivity index (χ1n) is 8.34. The number of nitrogens with one attached hydrogen (secondary N) is 1. The Hall–Kier alpha value is -3.50. The Balaban J connectivity index is 1.87. The topological polar surface area (TPSA) is 67.8 Å². The van der Waals surface area contributed by atoms with Crippen LogP contribution in [-0.4, -0.2) is 20.9 Å². The number of carbonyl (C=O) groups is 1. The number of amides is 1. The second kappa shape index (κ2) is 8.09. The standard InChI is InChI=1S/C19H12F6N4O/c20-18(21,22)12-7-11(8-13(9-12)19(23,24)25)10-29-17(30)16-15(27-5-6-28-16)14-3-1-2-4-26-14/h1-9H,10H2,(H,29,30). The van der Waals surface area contributed by atoms with Gasteiger partial charge in [-0.2, -0.15) is 26.3 Å². The minimum absolute atomic E-state index is 0.0210. The summed E-state index contributed by atoms with van der Waals surface area (Å²) in [5.74, 6) is -0.824. The van der Waals surface area contributed by atoms with Crippen molar-refractivity contribution in [3.05, 3.63) is 77.4 Å². The van der Waals surface area contributed by atoms with E-state index >= 15 is 0 Å². The maximum Gasteiger partial charge on any atom is 0.416 e. The number of carbonyl (C=O) groups excluding carboxylic acids is 1. The van der Waals surface area contributed by atoms with Gasteiger partial charge in [0.15, 0.2) is 5.69 Å². The molecule has 0 bridgehead atoms. The Morgan fingerprint density at radius 1 is 0.833 bits per heavy atom. The molecule has 0 saturated heterocycles. The van der Waals surface area contributed by atoms with E-state index in [1.54, 1.807) is 18.2 Å². The fourth-order valence-electron chi connectivity index (χ4n) is 2.58. The third-order valence-corrected chi connectivity index (χ3v) is 3.92. The van der Waals surface area contributed by atoms with Crippen molar-refractivity contribution >= 4 is 5.91 Å². The fourth-order valence-corrected chi connectivity index (χ4v) is 2.58. The Kier molecular flexibility index (Phi) is 5.72. The van der Waals surface area contributed by atoms with Gasteiger partial charge in [0.1, 0.15) is 5.69 Å². The highest BCUT2D eigenvalue weighted by atomic mass is 19.4. The molecular formula is C19H12F6N4O. The van der Waals surface area contributed by atoms with E-state index in [0.717, 1.165) is 0 Å². The maximum atomic E-state index is 13.0. The molecule has 156 valence electrons. The number of rotatable bonds is 4. The van der Waals surface area contributed by atoms with Gasteiger partial charge in [-0.25, -0.2) is 4.98 Å². The van der Waals surface area contributed by atoms with Crippen molar-refractivity contribution < 1.29 is 31.1 Å². The summed E-state index contributed by atoms with van der Waals surface area (Å²) in [7, 11) is 0. The third-order valence-electron chi connectivity index (χ3n) is 3.92. The lowest BCUT2D eigenvalue weighted by Crippen LogP contribution is -2.25. The zero-order valence-corrected chi connectivity index (χ0v) is 14.9. The molecule has 1 N–H and O–H groups in total. The van der Waals surface area contributed by atoms with Gasteiger partial charge in [-0.15, -0.1) is 0 Å². The monoisotopic (exact) mass is 426 g/mol. The van der Waals surface area contributed by atoms with Crippen molar-refractivity contribution in [1.29, 1.82) is 0 Å². The Morgan fingerprint density at radius 2 is 1.47 bits per heavy atom. The van der Waals surface area contributed by atoms with E-state index in [1.807, 2.05) is 0 Å². The van der Waals surface area contributed by atoms with E-state index < -0.39 is 35.9 Å². The molecule has 0 spiro atoms. The van der Waals surface area contributed by atoms with Crippen molar-refractivity contribution in [3.63, 3.8) is 0 Å². The molecule has 5 nitrogen and oxygen atoms in total. The van der Waals surface area contributed by atoms with E-state index in [0.29, 0.717) is 17.8 Å². The van der Waals surface area contributed by atoms with Gasteiger partial charge in [0, 0.05) is 25.1 Å². The molecule has 0 aliphatic carbocycles. The number of aromatic nitrogens is 3. The Labute approximate surface area is 165 Å². The van der Waals surface area contributed by atoms with Crippen LogP contribution in [-0.2, 0) is 18.9 Å². The summed E-state index contributed by atoms with van der Waals surface area (Å²) in [6.07, 6.45) is -5.93. The van der Waals surface area contributed by atoms with Crippen LogP contribution in [0.1, 0.15) is 27.2 Å². The summed E-state index contributed by atoms with van der Waals surface area (Å²) in [5.41, 5.74) is -3.01. The highest BCUT2D eigenvalue weighted by Gasteiger charge is 2.36. The van der Waals surface area contributed by atoms with Crippen LogP contribution in [0, 0.1) is 0 Å². The van der Waals surface area contributed by atoms with Gasteiger partial charge >= 0.3 is 12.4 Å². The number of pyridine rings is 1. The largest absolute Gasteiger partial charge is 0.416 e. The molecule has 0 saturated carbocycles. The van der Waals surface area contributed by atoms with Crippen molar-refractivity contribution in [1.82, 2.24) is 20.3 Å². The first-order chi connectivity index (χ1) is 14.1. The molecule has 2 heterocycles. The molecule has 11 heteroatoms. The van der Waals surface area contributed by atoms with Gasteiger partial charge in [-0.05, 0) is 35.9 Å². The average molecular weight is 426 g/mol. The van der Waals surface area contributed by atoms with Gasteiger partial charge in [0.25, 0.3) is 5.91 Å². The first kappa shape index (κ1) is 21.2. The molecule has 30 heavy (non-hydrogen) atoms. The van der Waals surface area contributed by atoms with Crippen molar-refractivity contribution in [2.45, 2.75) is 18.9 Å². The normalized spacial score (nSPS) is 11.9. The Morgan fingerprint density at radius 3 is 2.03 bits per heavy atom. The SMILES string of the molecule is O=C(NCc1cc(C(F)(F)F)cc(C(F)(F)F)c1)c1nccnc1-c1ccccn1. The summed E-state index contributed by atoms with van der Waals surface area (Å²) < 4.78 is 77.8. The fraction of sp³-hybridized carbons (Fsp3) is 0.158. The van der Waals surface area contributed by atoms with Crippen LogP contribution < -0.4 is 5.32 Å². The predicted molar refractivity (Wildman–Crippen MR) is 92.9 cm³/mol. The lowest BCUT2D eigenvalue weighted by Gasteiger charge is -2.14. The molecule has 0 unspecified atom stereocenters. The molecular weight excluding hydrogens is 414 g/mol. The summed E-state index contributed by atoms with van der Waals surface area (Å²) in [6, 6.07) is 5.99. The molecule has 0 radical (unpaired) electrons.